The summed E-state index contributed by atoms with van der Waals surface area (Å²) in [4.78, 5) is 14.8. The molecule has 8 bridgehead atoms. The average molecular weight is 621 g/mol. The summed E-state index contributed by atoms with van der Waals surface area (Å²) in [7, 11) is 0. The van der Waals surface area contributed by atoms with E-state index in [1.54, 1.807) is 0 Å². The predicted octanol–water partition coefficient (Wildman–Crippen LogP) is 11.9. The lowest BCUT2D eigenvalue weighted by atomic mass is 9.84. The van der Waals surface area contributed by atoms with Gasteiger partial charge in [0.25, 0.3) is 0 Å². The molecule has 5 aromatic carbocycles. The Morgan fingerprint density at radius 2 is 1.04 bits per heavy atom. The maximum atomic E-state index is 5.45. The Labute approximate surface area is 278 Å². The van der Waals surface area contributed by atoms with E-state index in [1.807, 2.05) is 0 Å². The lowest BCUT2D eigenvalue weighted by Crippen LogP contribution is -2.11. The number of nitrogens with zero attached hydrogens (tertiary/aromatic N) is 3. The second kappa shape index (κ2) is 9.11. The minimum atomic E-state index is -0.0454. The first-order chi connectivity index (χ1) is 23.0. The van der Waals surface area contributed by atoms with E-state index < -0.39 is 0 Å². The Bertz CT molecular complexity index is 3020. The molecule has 5 heterocycles. The van der Waals surface area contributed by atoms with Gasteiger partial charge < -0.3 is 4.98 Å². The predicted molar refractivity (Wildman–Crippen MR) is 205 cm³/mol. The van der Waals surface area contributed by atoms with E-state index in [4.69, 9.17) is 9.97 Å². The summed E-state index contributed by atoms with van der Waals surface area (Å²) in [6, 6.07) is 38.3. The molecule has 1 N–H and O–H groups in total. The van der Waals surface area contributed by atoms with Crippen molar-refractivity contribution in [3.8, 4) is 0 Å². The van der Waals surface area contributed by atoms with Crippen LogP contribution in [0.4, 0.5) is 0 Å². The third kappa shape index (κ3) is 3.77. The quantitative estimate of drug-likeness (QED) is 0.171. The van der Waals surface area contributed by atoms with E-state index in [0.29, 0.717) is 0 Å². The monoisotopic (exact) mass is 620 g/mol. The van der Waals surface area contributed by atoms with Crippen LogP contribution in [-0.2, 0) is 10.8 Å². The van der Waals surface area contributed by atoms with Crippen molar-refractivity contribution in [2.24, 2.45) is 0 Å². The van der Waals surface area contributed by atoms with E-state index in [2.05, 4.69) is 154 Å². The van der Waals surface area contributed by atoms with Crippen LogP contribution in [0.3, 0.4) is 0 Å². The zero-order chi connectivity index (χ0) is 32.7. The van der Waals surface area contributed by atoms with E-state index >= 15 is 0 Å². The molecule has 48 heavy (non-hydrogen) atoms. The van der Waals surface area contributed by atoms with Gasteiger partial charge in [-0.3, -0.25) is 4.40 Å². The zero-order valence-corrected chi connectivity index (χ0v) is 28.2. The fourth-order valence-electron chi connectivity index (χ4n) is 7.82. The van der Waals surface area contributed by atoms with Crippen molar-refractivity contribution in [3.63, 3.8) is 0 Å². The summed E-state index contributed by atoms with van der Waals surface area (Å²) in [6.45, 7) is 13.8. The summed E-state index contributed by atoms with van der Waals surface area (Å²) in [5, 5.41) is 10.6. The Morgan fingerprint density at radius 3 is 1.77 bits per heavy atom. The molecule has 0 radical (unpaired) electrons. The molecule has 0 saturated heterocycles. The van der Waals surface area contributed by atoms with Gasteiger partial charge in [-0.15, -0.1) is 0 Å². The highest BCUT2D eigenvalue weighted by atomic mass is 15.0. The first kappa shape index (κ1) is 27.6. The number of fused-ring (bicyclic) bond motifs is 10. The first-order valence-corrected chi connectivity index (χ1v) is 16.9. The van der Waals surface area contributed by atoms with Crippen LogP contribution in [0.15, 0.2) is 103 Å². The van der Waals surface area contributed by atoms with Gasteiger partial charge in [0.1, 0.15) is 5.65 Å². The van der Waals surface area contributed by atoms with Crippen LogP contribution < -0.4 is 0 Å². The first-order valence-electron chi connectivity index (χ1n) is 16.9. The second-order valence-electron chi connectivity index (χ2n) is 15.7. The lowest BCUT2D eigenvalue weighted by molar-refractivity contribution is 0.591. The van der Waals surface area contributed by atoms with Crippen molar-refractivity contribution in [1.82, 2.24) is 19.4 Å². The number of hydrogen-bond acceptors (Lipinski definition) is 2. The molecule has 10 rings (SSSR count). The van der Waals surface area contributed by atoms with E-state index in [9.17, 15) is 0 Å². The number of pyridine rings is 2. The molecule has 0 amide bonds. The molecule has 0 spiro atoms. The summed E-state index contributed by atoms with van der Waals surface area (Å²) < 4.78 is 2.33. The molecule has 4 nitrogen and oxygen atoms in total. The lowest BCUT2D eigenvalue weighted by Gasteiger charge is -2.21. The molecule has 0 aliphatic rings. The van der Waals surface area contributed by atoms with Gasteiger partial charge in [0.05, 0.1) is 38.6 Å². The number of hydrogen-bond donors (Lipinski definition) is 1. The number of aromatic nitrogens is 4. The molecule has 5 aromatic heterocycles. The molecule has 0 atom stereocenters. The number of nitrogens with one attached hydrogen (secondary N) is 1. The highest BCUT2D eigenvalue weighted by Crippen LogP contribution is 2.41. The highest BCUT2D eigenvalue weighted by Gasteiger charge is 2.22. The Hall–Kier alpha value is -5.48. The summed E-state index contributed by atoms with van der Waals surface area (Å²) >= 11 is 0. The van der Waals surface area contributed by atoms with Crippen molar-refractivity contribution in [1.29, 1.82) is 0 Å². The maximum Gasteiger partial charge on any atom is 0.138 e. The fraction of sp³-hybridized carbons (Fsp3) is 0.182. The van der Waals surface area contributed by atoms with Gasteiger partial charge in [0, 0.05) is 43.1 Å². The Morgan fingerprint density at radius 1 is 0.479 bits per heavy atom. The fourth-order valence-corrected chi connectivity index (χ4v) is 7.82. The van der Waals surface area contributed by atoms with Crippen molar-refractivity contribution in [2.45, 2.75) is 52.4 Å². The number of rotatable bonds is 0. The average Bonchev–Trinajstić information content (AvgIpc) is 3.61. The van der Waals surface area contributed by atoms with Crippen LogP contribution in [0.25, 0.3) is 92.7 Å². The normalized spacial score (nSPS) is 13.2. The van der Waals surface area contributed by atoms with Gasteiger partial charge >= 0.3 is 0 Å². The van der Waals surface area contributed by atoms with Gasteiger partial charge in [0.2, 0.25) is 0 Å². The van der Waals surface area contributed by atoms with Crippen LogP contribution in [0.5, 0.6) is 0 Å². The van der Waals surface area contributed by atoms with Crippen LogP contribution in [0.1, 0.15) is 52.7 Å². The molecule has 0 fully saturated rings. The van der Waals surface area contributed by atoms with E-state index in [-0.39, 0.29) is 10.8 Å². The molecule has 10 aromatic rings. The van der Waals surface area contributed by atoms with Gasteiger partial charge in [-0.25, -0.2) is 9.97 Å². The zero-order valence-electron chi connectivity index (χ0n) is 28.2. The van der Waals surface area contributed by atoms with Gasteiger partial charge in [-0.1, -0.05) is 90.1 Å². The molecule has 4 heteroatoms. The number of H-pyrrole nitrogens is 1. The summed E-state index contributed by atoms with van der Waals surface area (Å²) in [5.74, 6) is 0. The number of para-hydroxylation sites is 1. The van der Waals surface area contributed by atoms with Crippen molar-refractivity contribution < 1.29 is 0 Å². The van der Waals surface area contributed by atoms with Crippen LogP contribution in [0, 0.1) is 0 Å². The van der Waals surface area contributed by atoms with Crippen molar-refractivity contribution >= 4 is 92.7 Å². The standard InChI is InChI=1S/C44H36N4/c1-43(2,3)27-20-31-26-13-16-30-29-9-7-8-10-36(29)48(37(30)19-26)38-18-15-25-12-11-24-14-17-35(45-39(24)40(25)46-38)34-23-28(44(4,5)6)22-33-32(21-27)41(31)47-42(33)34/h7-23,47H,1-6H3. The third-order valence-electron chi connectivity index (χ3n) is 10.5. The number of aromatic amines is 1. The third-order valence-corrected chi connectivity index (χ3v) is 10.5. The molecule has 0 aliphatic carbocycles. The largest absolute Gasteiger partial charge is 0.353 e. The molecular weight excluding hydrogens is 585 g/mol. The van der Waals surface area contributed by atoms with Gasteiger partial charge in [-0.05, 0) is 81.9 Å². The van der Waals surface area contributed by atoms with Gasteiger partial charge in [0.15, 0.2) is 0 Å². The summed E-state index contributed by atoms with van der Waals surface area (Å²) in [5.41, 5.74) is 10.8. The maximum absolute atomic E-state index is 5.45. The Balaban J connectivity index is 1.57. The second-order valence-corrected chi connectivity index (χ2v) is 15.7. The highest BCUT2D eigenvalue weighted by molar-refractivity contribution is 6.22. The smallest absolute Gasteiger partial charge is 0.138 e. The SMILES string of the molecule is CC(C)(C)c1cc2c3ccc4c5ccccc5n(c5ccc6ccc7ccc(nc7c6n5)c5cc(C(C)(C)C)cc6c(c1)c2[nH]c56)c4c3. The molecule has 0 aliphatic heterocycles. The van der Waals surface area contributed by atoms with Crippen LogP contribution in [-0.4, -0.2) is 19.4 Å². The minimum absolute atomic E-state index is 0.0353. The summed E-state index contributed by atoms with van der Waals surface area (Å²) in [6.07, 6.45) is 0. The molecule has 232 valence electrons. The van der Waals surface area contributed by atoms with Crippen molar-refractivity contribution in [3.05, 3.63) is 114 Å². The minimum Gasteiger partial charge on any atom is -0.353 e. The molecule has 0 saturated carbocycles. The Kier molecular flexibility index (Phi) is 5.24. The van der Waals surface area contributed by atoms with Crippen LogP contribution in [0.2, 0.25) is 0 Å². The molecule has 0 unspecified atom stereocenters. The van der Waals surface area contributed by atoms with Gasteiger partial charge in [-0.2, -0.15) is 0 Å². The number of benzene rings is 5. The van der Waals surface area contributed by atoms with E-state index in [0.717, 1.165) is 60.4 Å². The molecular formula is C44H36N4. The van der Waals surface area contributed by atoms with E-state index in [1.165, 1.54) is 43.4 Å². The topological polar surface area (TPSA) is 46.0 Å². The van der Waals surface area contributed by atoms with Crippen LogP contribution >= 0.6 is 0 Å². The van der Waals surface area contributed by atoms with Crippen molar-refractivity contribution in [2.75, 3.05) is 0 Å².